The second-order valence-electron chi connectivity index (χ2n) is 3.10. The van der Waals surface area contributed by atoms with Crippen molar-refractivity contribution in [1.29, 1.82) is 0 Å². The molecule has 0 aliphatic heterocycles. The van der Waals surface area contributed by atoms with E-state index in [1.807, 2.05) is 0 Å². The van der Waals surface area contributed by atoms with E-state index in [0.717, 1.165) is 0 Å². The summed E-state index contributed by atoms with van der Waals surface area (Å²) in [6.07, 6.45) is -7.89. The summed E-state index contributed by atoms with van der Waals surface area (Å²) in [5, 5.41) is 0. The first-order chi connectivity index (χ1) is 6.85. The summed E-state index contributed by atoms with van der Waals surface area (Å²) in [7, 11) is 0. The van der Waals surface area contributed by atoms with E-state index >= 15 is 0 Å². The van der Waals surface area contributed by atoms with Crippen LogP contribution >= 0.6 is 11.6 Å². The van der Waals surface area contributed by atoms with Gasteiger partial charge in [0.25, 0.3) is 6.43 Å². The highest BCUT2D eigenvalue weighted by molar-refractivity contribution is 6.18. The molecule has 92 valence electrons. The molecule has 0 aliphatic carbocycles. The van der Waals surface area contributed by atoms with Gasteiger partial charge in [0.2, 0.25) is 0 Å². The summed E-state index contributed by atoms with van der Waals surface area (Å²) in [6, 6.07) is 0. The first-order valence-corrected chi connectivity index (χ1v) is 5.02. The van der Waals surface area contributed by atoms with Gasteiger partial charge in [0, 0.05) is 18.8 Å². The predicted molar refractivity (Wildman–Crippen MR) is 48.5 cm³/mol. The van der Waals surface area contributed by atoms with Crippen LogP contribution in [0.15, 0.2) is 0 Å². The molecule has 0 bridgehead atoms. The Balaban J connectivity index is 3.75. The zero-order valence-corrected chi connectivity index (χ0v) is 8.79. The van der Waals surface area contributed by atoms with E-state index in [1.165, 1.54) is 4.90 Å². The molecule has 0 aromatic heterocycles. The Kier molecular flexibility index (Phi) is 7.17. The van der Waals surface area contributed by atoms with Crippen molar-refractivity contribution < 1.29 is 22.0 Å². The van der Waals surface area contributed by atoms with Crippen molar-refractivity contribution in [3.05, 3.63) is 0 Å². The van der Waals surface area contributed by atoms with E-state index < -0.39 is 25.6 Å². The monoisotopic (exact) mass is 253 g/mol. The Labute approximate surface area is 90.2 Å². The van der Waals surface area contributed by atoms with Crippen LogP contribution < -0.4 is 0 Å². The standard InChI is InChI=1S/C8H13ClF5N/c9-3-5-15(6-7(10)11)4-1-2-8(12,13)14/h7H,1-6H2. The molecule has 0 saturated heterocycles. The minimum absolute atomic E-state index is 0.00340. The fourth-order valence-corrected chi connectivity index (χ4v) is 1.35. The lowest BCUT2D eigenvalue weighted by molar-refractivity contribution is -0.136. The Morgan fingerprint density at radius 2 is 1.73 bits per heavy atom. The Bertz CT molecular complexity index is 162. The molecule has 0 radical (unpaired) electrons. The van der Waals surface area contributed by atoms with Crippen LogP contribution in [0.1, 0.15) is 12.8 Å². The minimum Gasteiger partial charge on any atom is -0.297 e. The van der Waals surface area contributed by atoms with Crippen molar-refractivity contribution in [3.8, 4) is 0 Å². The van der Waals surface area contributed by atoms with Gasteiger partial charge >= 0.3 is 6.18 Å². The molecule has 0 spiro atoms. The van der Waals surface area contributed by atoms with Crippen molar-refractivity contribution in [2.45, 2.75) is 25.4 Å². The average Bonchev–Trinajstić information content (AvgIpc) is 2.00. The van der Waals surface area contributed by atoms with E-state index in [1.54, 1.807) is 0 Å². The first-order valence-electron chi connectivity index (χ1n) is 4.48. The summed E-state index contributed by atoms with van der Waals surface area (Å²) in [5.74, 6) is 0.138. The fraction of sp³-hybridized carbons (Fsp3) is 1.00. The van der Waals surface area contributed by atoms with Crippen LogP contribution in [-0.4, -0.2) is 43.0 Å². The summed E-state index contributed by atoms with van der Waals surface area (Å²) in [5.41, 5.74) is 0. The second kappa shape index (κ2) is 7.22. The van der Waals surface area contributed by atoms with Crippen molar-refractivity contribution in [1.82, 2.24) is 4.90 Å². The van der Waals surface area contributed by atoms with Gasteiger partial charge < -0.3 is 0 Å². The van der Waals surface area contributed by atoms with Crippen LogP contribution in [0.4, 0.5) is 22.0 Å². The van der Waals surface area contributed by atoms with Gasteiger partial charge in [-0.15, -0.1) is 11.6 Å². The van der Waals surface area contributed by atoms with Crippen LogP contribution in [0.3, 0.4) is 0 Å². The highest BCUT2D eigenvalue weighted by Crippen LogP contribution is 2.21. The Morgan fingerprint density at radius 1 is 1.13 bits per heavy atom. The maximum Gasteiger partial charge on any atom is 0.389 e. The van der Waals surface area contributed by atoms with E-state index in [-0.39, 0.29) is 25.4 Å². The normalized spacial score (nSPS) is 12.8. The lowest BCUT2D eigenvalue weighted by Gasteiger charge is -2.20. The molecule has 0 aromatic carbocycles. The molecule has 0 N–H and O–H groups in total. The predicted octanol–water partition coefficient (Wildman–Crippen LogP) is 3.13. The van der Waals surface area contributed by atoms with Crippen LogP contribution in [0.5, 0.6) is 0 Å². The van der Waals surface area contributed by atoms with Crippen molar-refractivity contribution in [2.75, 3.05) is 25.5 Å². The molecule has 0 amide bonds. The van der Waals surface area contributed by atoms with E-state index in [4.69, 9.17) is 11.6 Å². The van der Waals surface area contributed by atoms with Gasteiger partial charge in [-0.2, -0.15) is 13.2 Å². The fourth-order valence-electron chi connectivity index (χ4n) is 1.11. The molecule has 0 fully saturated rings. The highest BCUT2D eigenvalue weighted by atomic mass is 35.5. The van der Waals surface area contributed by atoms with Gasteiger partial charge in [-0.1, -0.05) is 0 Å². The number of hydrogen-bond donors (Lipinski definition) is 0. The summed E-state index contributed by atoms with van der Waals surface area (Å²) >= 11 is 5.34. The number of rotatable bonds is 7. The zero-order valence-electron chi connectivity index (χ0n) is 8.03. The van der Waals surface area contributed by atoms with Crippen molar-refractivity contribution >= 4 is 11.6 Å². The SMILES string of the molecule is FC(F)CN(CCCl)CCCC(F)(F)F. The van der Waals surface area contributed by atoms with Crippen molar-refractivity contribution in [3.63, 3.8) is 0 Å². The Morgan fingerprint density at radius 3 is 2.13 bits per heavy atom. The molecule has 0 atom stereocenters. The summed E-state index contributed by atoms with van der Waals surface area (Å²) in [6.45, 7) is -0.342. The van der Waals surface area contributed by atoms with Gasteiger partial charge in [0.15, 0.2) is 0 Å². The smallest absolute Gasteiger partial charge is 0.297 e. The number of hydrogen-bond acceptors (Lipinski definition) is 1. The largest absolute Gasteiger partial charge is 0.389 e. The molecule has 0 heterocycles. The van der Waals surface area contributed by atoms with Crippen LogP contribution in [0.2, 0.25) is 0 Å². The maximum atomic E-state index is 12.0. The lowest BCUT2D eigenvalue weighted by atomic mass is 10.3. The van der Waals surface area contributed by atoms with Crippen molar-refractivity contribution in [2.24, 2.45) is 0 Å². The third-order valence-corrected chi connectivity index (χ3v) is 1.90. The van der Waals surface area contributed by atoms with Gasteiger partial charge in [0.05, 0.1) is 6.54 Å². The van der Waals surface area contributed by atoms with E-state index in [2.05, 4.69) is 0 Å². The third kappa shape index (κ3) is 10.2. The van der Waals surface area contributed by atoms with Gasteiger partial charge in [0.1, 0.15) is 0 Å². The zero-order chi connectivity index (χ0) is 11.9. The molecule has 0 aromatic rings. The number of halogens is 6. The second-order valence-corrected chi connectivity index (χ2v) is 3.48. The van der Waals surface area contributed by atoms with Gasteiger partial charge in [-0.25, -0.2) is 8.78 Å². The van der Waals surface area contributed by atoms with E-state index in [9.17, 15) is 22.0 Å². The first kappa shape index (κ1) is 14.9. The maximum absolute atomic E-state index is 12.0. The van der Waals surface area contributed by atoms with Crippen LogP contribution in [-0.2, 0) is 0 Å². The lowest BCUT2D eigenvalue weighted by Crippen LogP contribution is -2.32. The average molecular weight is 254 g/mol. The number of alkyl halides is 6. The Hall–Kier alpha value is -0.100. The van der Waals surface area contributed by atoms with Crippen LogP contribution in [0, 0.1) is 0 Å². The molecule has 7 heteroatoms. The molecule has 0 aliphatic rings. The summed E-state index contributed by atoms with van der Waals surface area (Å²) in [4.78, 5) is 1.24. The minimum atomic E-state index is -4.22. The molecule has 0 rings (SSSR count). The van der Waals surface area contributed by atoms with E-state index in [0.29, 0.717) is 0 Å². The topological polar surface area (TPSA) is 3.24 Å². The molecular formula is C8H13ClF5N. The summed E-state index contributed by atoms with van der Waals surface area (Å²) < 4.78 is 59.2. The molecule has 0 saturated carbocycles. The molecule has 15 heavy (non-hydrogen) atoms. The number of nitrogens with zero attached hydrogens (tertiary/aromatic N) is 1. The quantitative estimate of drug-likeness (QED) is 0.498. The molecular weight excluding hydrogens is 241 g/mol. The molecule has 0 unspecified atom stereocenters. The van der Waals surface area contributed by atoms with Crippen LogP contribution in [0.25, 0.3) is 0 Å². The van der Waals surface area contributed by atoms with Gasteiger partial charge in [-0.3, -0.25) is 4.90 Å². The third-order valence-electron chi connectivity index (χ3n) is 1.73. The highest BCUT2D eigenvalue weighted by Gasteiger charge is 2.26. The molecule has 1 nitrogen and oxygen atoms in total. The van der Waals surface area contributed by atoms with Gasteiger partial charge in [-0.05, 0) is 13.0 Å².